The zero-order valence-electron chi connectivity index (χ0n) is 10.8. The standard InChI is InChI=1S/C16H18ClN/c1-11(2)8-12-4-3-5-13(9-12)15-7-6-14(18)10-16(15)17/h3-7,9-11H,8,18H2,1-2H3. The number of halogens is 1. The summed E-state index contributed by atoms with van der Waals surface area (Å²) >= 11 is 6.24. The molecule has 0 aromatic heterocycles. The van der Waals surface area contributed by atoms with Gasteiger partial charge in [-0.2, -0.15) is 0 Å². The molecule has 94 valence electrons. The lowest BCUT2D eigenvalue weighted by Gasteiger charge is -2.09. The minimum atomic E-state index is 0.655. The highest BCUT2D eigenvalue weighted by molar-refractivity contribution is 6.33. The van der Waals surface area contributed by atoms with Crippen molar-refractivity contribution in [1.82, 2.24) is 0 Å². The van der Waals surface area contributed by atoms with E-state index in [1.165, 1.54) is 5.56 Å². The minimum absolute atomic E-state index is 0.655. The van der Waals surface area contributed by atoms with Crippen molar-refractivity contribution in [3.63, 3.8) is 0 Å². The van der Waals surface area contributed by atoms with Gasteiger partial charge in [0, 0.05) is 11.3 Å². The Hall–Kier alpha value is -1.47. The fourth-order valence-corrected chi connectivity index (χ4v) is 2.40. The summed E-state index contributed by atoms with van der Waals surface area (Å²) in [5.74, 6) is 0.655. The molecule has 2 rings (SSSR count). The Morgan fingerprint density at radius 1 is 1.11 bits per heavy atom. The van der Waals surface area contributed by atoms with E-state index in [1.807, 2.05) is 12.1 Å². The molecule has 0 spiro atoms. The quantitative estimate of drug-likeness (QED) is 0.788. The monoisotopic (exact) mass is 259 g/mol. The van der Waals surface area contributed by atoms with Crippen LogP contribution in [0.4, 0.5) is 5.69 Å². The Kier molecular flexibility index (Phi) is 3.93. The van der Waals surface area contributed by atoms with E-state index < -0.39 is 0 Å². The second-order valence-electron chi connectivity index (χ2n) is 5.04. The zero-order valence-corrected chi connectivity index (χ0v) is 11.5. The number of hydrogen-bond donors (Lipinski definition) is 1. The largest absolute Gasteiger partial charge is 0.399 e. The number of hydrogen-bond acceptors (Lipinski definition) is 1. The Morgan fingerprint density at radius 3 is 2.56 bits per heavy atom. The number of nitrogens with two attached hydrogens (primary N) is 1. The highest BCUT2D eigenvalue weighted by Gasteiger charge is 2.05. The molecule has 2 aromatic carbocycles. The molecule has 0 radical (unpaired) electrons. The van der Waals surface area contributed by atoms with Gasteiger partial charge in [-0.1, -0.05) is 55.8 Å². The van der Waals surface area contributed by atoms with Gasteiger partial charge in [-0.3, -0.25) is 0 Å². The third-order valence-electron chi connectivity index (χ3n) is 2.88. The van der Waals surface area contributed by atoms with Crippen molar-refractivity contribution in [2.75, 3.05) is 5.73 Å². The van der Waals surface area contributed by atoms with Crippen LogP contribution in [0.2, 0.25) is 5.02 Å². The van der Waals surface area contributed by atoms with Crippen LogP contribution in [0.5, 0.6) is 0 Å². The van der Waals surface area contributed by atoms with Gasteiger partial charge in [0.05, 0.1) is 5.02 Å². The molecule has 0 aliphatic rings. The van der Waals surface area contributed by atoms with Crippen molar-refractivity contribution >= 4 is 17.3 Å². The van der Waals surface area contributed by atoms with Crippen LogP contribution in [0.3, 0.4) is 0 Å². The first-order valence-electron chi connectivity index (χ1n) is 6.20. The average molecular weight is 260 g/mol. The van der Waals surface area contributed by atoms with Crippen LogP contribution in [0.1, 0.15) is 19.4 Å². The molecule has 0 unspecified atom stereocenters. The highest BCUT2D eigenvalue weighted by atomic mass is 35.5. The smallest absolute Gasteiger partial charge is 0.0504 e. The maximum atomic E-state index is 6.24. The molecule has 0 aliphatic heterocycles. The van der Waals surface area contributed by atoms with Crippen molar-refractivity contribution in [3.8, 4) is 11.1 Å². The number of rotatable bonds is 3. The van der Waals surface area contributed by atoms with E-state index in [4.69, 9.17) is 17.3 Å². The fourth-order valence-electron chi connectivity index (χ4n) is 2.10. The normalized spacial score (nSPS) is 10.9. The van der Waals surface area contributed by atoms with Gasteiger partial charge in [-0.05, 0) is 35.6 Å². The van der Waals surface area contributed by atoms with Gasteiger partial charge < -0.3 is 5.73 Å². The van der Waals surface area contributed by atoms with Crippen molar-refractivity contribution < 1.29 is 0 Å². The van der Waals surface area contributed by atoms with E-state index in [-0.39, 0.29) is 0 Å². The van der Waals surface area contributed by atoms with Gasteiger partial charge in [-0.15, -0.1) is 0 Å². The number of anilines is 1. The van der Waals surface area contributed by atoms with Gasteiger partial charge in [0.15, 0.2) is 0 Å². The van der Waals surface area contributed by atoms with Gasteiger partial charge in [0.25, 0.3) is 0 Å². The summed E-state index contributed by atoms with van der Waals surface area (Å²) in [7, 11) is 0. The molecule has 2 aromatic rings. The molecule has 1 nitrogen and oxygen atoms in total. The first-order valence-corrected chi connectivity index (χ1v) is 6.58. The third kappa shape index (κ3) is 3.05. The van der Waals surface area contributed by atoms with Gasteiger partial charge in [0.2, 0.25) is 0 Å². The molecule has 2 heteroatoms. The lowest BCUT2D eigenvalue weighted by Crippen LogP contribution is -1.94. The predicted octanol–water partition coefficient (Wildman–Crippen LogP) is 4.79. The molecule has 0 saturated heterocycles. The van der Waals surface area contributed by atoms with Crippen LogP contribution in [-0.2, 0) is 6.42 Å². The Balaban J connectivity index is 2.38. The van der Waals surface area contributed by atoms with E-state index >= 15 is 0 Å². The Morgan fingerprint density at radius 2 is 1.89 bits per heavy atom. The number of nitrogen functional groups attached to an aromatic ring is 1. The van der Waals surface area contributed by atoms with Crippen molar-refractivity contribution in [2.45, 2.75) is 20.3 Å². The first-order chi connectivity index (χ1) is 8.56. The average Bonchev–Trinajstić information content (AvgIpc) is 2.28. The highest BCUT2D eigenvalue weighted by Crippen LogP contribution is 2.30. The second-order valence-corrected chi connectivity index (χ2v) is 5.44. The molecule has 0 heterocycles. The summed E-state index contributed by atoms with van der Waals surface area (Å²) in [6.07, 6.45) is 1.08. The number of benzene rings is 2. The summed E-state index contributed by atoms with van der Waals surface area (Å²) in [4.78, 5) is 0. The summed E-state index contributed by atoms with van der Waals surface area (Å²) in [5, 5.41) is 0.705. The zero-order chi connectivity index (χ0) is 13.1. The van der Waals surface area contributed by atoms with Gasteiger partial charge in [0.1, 0.15) is 0 Å². The maximum absolute atomic E-state index is 6.24. The lowest BCUT2D eigenvalue weighted by molar-refractivity contribution is 0.647. The van der Waals surface area contributed by atoms with E-state index in [0.29, 0.717) is 16.6 Å². The van der Waals surface area contributed by atoms with Gasteiger partial charge >= 0.3 is 0 Å². The van der Waals surface area contributed by atoms with Crippen LogP contribution in [0.15, 0.2) is 42.5 Å². The van der Waals surface area contributed by atoms with E-state index in [1.54, 1.807) is 6.07 Å². The SMILES string of the molecule is CC(C)Cc1cccc(-c2ccc(N)cc2Cl)c1. The summed E-state index contributed by atoms with van der Waals surface area (Å²) < 4.78 is 0. The van der Waals surface area contributed by atoms with Crippen LogP contribution in [0, 0.1) is 5.92 Å². The van der Waals surface area contributed by atoms with Gasteiger partial charge in [-0.25, -0.2) is 0 Å². The molecule has 0 amide bonds. The Bertz CT molecular complexity index is 547. The van der Waals surface area contributed by atoms with Crippen molar-refractivity contribution in [1.29, 1.82) is 0 Å². The molecule has 0 fully saturated rings. The van der Waals surface area contributed by atoms with Crippen LogP contribution in [-0.4, -0.2) is 0 Å². The fraction of sp³-hybridized carbons (Fsp3) is 0.250. The summed E-state index contributed by atoms with van der Waals surface area (Å²) in [5.41, 5.74) is 9.95. The second kappa shape index (κ2) is 5.45. The molecule has 0 saturated carbocycles. The van der Waals surface area contributed by atoms with Crippen LogP contribution < -0.4 is 5.73 Å². The van der Waals surface area contributed by atoms with Crippen molar-refractivity contribution in [2.24, 2.45) is 5.92 Å². The molecule has 0 aliphatic carbocycles. The first kappa shape index (κ1) is 13.0. The molecule has 18 heavy (non-hydrogen) atoms. The topological polar surface area (TPSA) is 26.0 Å². The molecular formula is C16H18ClN. The van der Waals surface area contributed by atoms with Crippen LogP contribution in [0.25, 0.3) is 11.1 Å². The predicted molar refractivity (Wildman–Crippen MR) is 79.8 cm³/mol. The van der Waals surface area contributed by atoms with E-state index in [0.717, 1.165) is 17.5 Å². The van der Waals surface area contributed by atoms with E-state index in [9.17, 15) is 0 Å². The summed E-state index contributed by atoms with van der Waals surface area (Å²) in [6, 6.07) is 14.2. The third-order valence-corrected chi connectivity index (χ3v) is 3.19. The van der Waals surface area contributed by atoms with Crippen molar-refractivity contribution in [3.05, 3.63) is 53.1 Å². The lowest BCUT2D eigenvalue weighted by atomic mass is 9.98. The Labute approximate surface area is 114 Å². The molecule has 2 N–H and O–H groups in total. The minimum Gasteiger partial charge on any atom is -0.399 e. The molecule has 0 bridgehead atoms. The maximum Gasteiger partial charge on any atom is 0.0504 e. The molecule has 0 atom stereocenters. The molecular weight excluding hydrogens is 242 g/mol. The van der Waals surface area contributed by atoms with E-state index in [2.05, 4.69) is 38.1 Å². The van der Waals surface area contributed by atoms with Crippen LogP contribution >= 0.6 is 11.6 Å². The summed E-state index contributed by atoms with van der Waals surface area (Å²) in [6.45, 7) is 4.45.